The van der Waals surface area contributed by atoms with Crippen molar-refractivity contribution in [1.82, 2.24) is 0 Å². The van der Waals surface area contributed by atoms with Gasteiger partial charge in [0.25, 0.3) is 0 Å². The van der Waals surface area contributed by atoms with Crippen LogP contribution in [0.25, 0.3) is 0 Å². The molecule has 0 saturated carbocycles. The molecule has 0 aromatic heterocycles. The van der Waals surface area contributed by atoms with Crippen molar-refractivity contribution >= 4 is 7.28 Å². The summed E-state index contributed by atoms with van der Waals surface area (Å²) in [6, 6.07) is 0. The van der Waals surface area contributed by atoms with Gasteiger partial charge in [0.05, 0.1) is 0 Å². The third-order valence-electron chi connectivity index (χ3n) is 4.10. The van der Waals surface area contributed by atoms with E-state index in [0.29, 0.717) is 0 Å². The van der Waals surface area contributed by atoms with Crippen molar-refractivity contribution in [2.75, 3.05) is 0 Å². The standard InChI is InChI=1S/C11H27O3P/c1-9(2,3)11(7,8)15(12,13,14)10(4,5)6/h12-14H,1-8H3. The molecule has 15 heavy (non-hydrogen) atoms. The molecule has 0 unspecified atom stereocenters. The van der Waals surface area contributed by atoms with Gasteiger partial charge < -0.3 is 0 Å². The molecular formula is C11H27O3P. The minimum absolute atomic E-state index is 0.393. The monoisotopic (exact) mass is 238 g/mol. The van der Waals surface area contributed by atoms with Gasteiger partial charge in [0.15, 0.2) is 0 Å². The van der Waals surface area contributed by atoms with E-state index in [9.17, 15) is 14.7 Å². The van der Waals surface area contributed by atoms with Crippen molar-refractivity contribution < 1.29 is 14.7 Å². The van der Waals surface area contributed by atoms with E-state index in [2.05, 4.69) is 0 Å². The minimum atomic E-state index is -4.75. The Morgan fingerprint density at radius 2 is 0.933 bits per heavy atom. The first-order valence-corrected chi connectivity index (χ1v) is 7.39. The molecule has 0 radical (unpaired) electrons. The van der Waals surface area contributed by atoms with Gasteiger partial charge in [0, 0.05) is 0 Å². The first kappa shape index (κ1) is 15.3. The Balaban J connectivity index is 5.77. The van der Waals surface area contributed by atoms with Gasteiger partial charge in [-0.1, -0.05) is 0 Å². The predicted molar refractivity (Wildman–Crippen MR) is 66.9 cm³/mol. The van der Waals surface area contributed by atoms with Gasteiger partial charge in [-0.25, -0.2) is 0 Å². The van der Waals surface area contributed by atoms with Crippen LogP contribution in [-0.4, -0.2) is 25.0 Å². The summed E-state index contributed by atoms with van der Waals surface area (Å²) in [5.74, 6) is 0. The molecule has 0 rings (SSSR count). The number of rotatable bonds is 1. The van der Waals surface area contributed by atoms with Gasteiger partial charge in [-0.2, -0.15) is 0 Å². The maximum absolute atomic E-state index is 10.4. The fraction of sp³-hybridized carbons (Fsp3) is 1.00. The molecule has 3 nitrogen and oxygen atoms in total. The molecule has 4 heteroatoms. The Hall–Kier alpha value is 0.310. The van der Waals surface area contributed by atoms with Crippen LogP contribution in [0.15, 0.2) is 0 Å². The second kappa shape index (κ2) is 3.16. The van der Waals surface area contributed by atoms with E-state index in [-0.39, 0.29) is 0 Å². The normalized spacial score (nSPS) is 18.5. The Labute approximate surface area is 93.7 Å². The van der Waals surface area contributed by atoms with E-state index in [1.807, 2.05) is 20.8 Å². The molecule has 0 aliphatic carbocycles. The van der Waals surface area contributed by atoms with Crippen LogP contribution in [0, 0.1) is 5.41 Å². The van der Waals surface area contributed by atoms with Crippen LogP contribution in [0.2, 0.25) is 0 Å². The van der Waals surface area contributed by atoms with E-state index >= 15 is 0 Å². The Bertz CT molecular complexity index is 248. The van der Waals surface area contributed by atoms with E-state index in [1.54, 1.807) is 34.6 Å². The molecular weight excluding hydrogens is 211 g/mol. The molecule has 0 aliphatic rings. The Kier molecular flexibility index (Phi) is 3.23. The molecule has 0 aliphatic heterocycles. The molecule has 3 N–H and O–H groups in total. The zero-order valence-electron chi connectivity index (χ0n) is 11.3. The maximum atomic E-state index is 10.4. The average Bonchev–Trinajstić information content (AvgIpc) is 1.79. The van der Waals surface area contributed by atoms with Crippen LogP contribution in [0.1, 0.15) is 55.4 Å². The molecule has 0 fully saturated rings. The first-order chi connectivity index (χ1) is 6.04. The van der Waals surface area contributed by atoms with Crippen LogP contribution in [0.4, 0.5) is 0 Å². The zero-order valence-corrected chi connectivity index (χ0v) is 12.2. The van der Waals surface area contributed by atoms with Crippen molar-refractivity contribution in [2.24, 2.45) is 5.41 Å². The van der Waals surface area contributed by atoms with Gasteiger partial charge in [0.2, 0.25) is 0 Å². The molecule has 0 spiro atoms. The molecule has 0 amide bonds. The summed E-state index contributed by atoms with van der Waals surface area (Å²) < 4.78 is 0. The Morgan fingerprint density at radius 3 is 1.00 bits per heavy atom. The zero-order chi connectivity index (χ0) is 12.9. The fourth-order valence-corrected chi connectivity index (χ4v) is 4.37. The summed E-state index contributed by atoms with van der Waals surface area (Å²) in [6.07, 6.45) is 0. The molecule has 0 heterocycles. The molecule has 94 valence electrons. The molecule has 0 saturated heterocycles. The quantitative estimate of drug-likeness (QED) is 0.615. The van der Waals surface area contributed by atoms with E-state index in [1.165, 1.54) is 0 Å². The predicted octanol–water partition coefficient (Wildman–Crippen LogP) is 2.88. The van der Waals surface area contributed by atoms with Gasteiger partial charge in [-0.3, -0.25) is 0 Å². The van der Waals surface area contributed by atoms with E-state index in [4.69, 9.17) is 0 Å². The molecule has 0 aromatic rings. The Morgan fingerprint density at radius 1 is 0.667 bits per heavy atom. The van der Waals surface area contributed by atoms with Crippen molar-refractivity contribution in [3.8, 4) is 0 Å². The van der Waals surface area contributed by atoms with Crippen molar-refractivity contribution in [2.45, 2.75) is 65.7 Å². The van der Waals surface area contributed by atoms with Crippen LogP contribution >= 0.6 is 7.28 Å². The second-order valence-electron chi connectivity index (χ2n) is 6.96. The summed E-state index contributed by atoms with van der Waals surface area (Å²) in [5.41, 5.74) is -0.393. The third-order valence-corrected chi connectivity index (χ3v) is 9.30. The summed E-state index contributed by atoms with van der Waals surface area (Å²) in [6.45, 7) is 14.1. The van der Waals surface area contributed by atoms with Crippen molar-refractivity contribution in [3.05, 3.63) is 0 Å². The number of hydrogen-bond acceptors (Lipinski definition) is 3. The van der Waals surface area contributed by atoms with Crippen molar-refractivity contribution in [3.63, 3.8) is 0 Å². The molecule has 0 atom stereocenters. The van der Waals surface area contributed by atoms with Crippen LogP contribution < -0.4 is 0 Å². The van der Waals surface area contributed by atoms with Crippen LogP contribution in [-0.2, 0) is 0 Å². The average molecular weight is 238 g/mol. The summed E-state index contributed by atoms with van der Waals surface area (Å²) in [7, 11) is -4.75. The third kappa shape index (κ3) is 1.95. The molecule has 0 bridgehead atoms. The fourth-order valence-electron chi connectivity index (χ4n) is 1.46. The summed E-state index contributed by atoms with van der Waals surface area (Å²) in [5, 5.41) is -1.88. The van der Waals surface area contributed by atoms with Crippen molar-refractivity contribution in [1.29, 1.82) is 0 Å². The van der Waals surface area contributed by atoms with Crippen LogP contribution in [0.3, 0.4) is 0 Å². The second-order valence-corrected chi connectivity index (χ2v) is 11.4. The topological polar surface area (TPSA) is 60.7 Å². The van der Waals surface area contributed by atoms with Gasteiger partial charge >= 0.3 is 93.1 Å². The van der Waals surface area contributed by atoms with Gasteiger partial charge in [0.1, 0.15) is 0 Å². The summed E-state index contributed by atoms with van der Waals surface area (Å²) in [4.78, 5) is 31.3. The molecule has 0 aromatic carbocycles. The van der Waals surface area contributed by atoms with E-state index in [0.717, 1.165) is 0 Å². The first-order valence-electron chi connectivity index (χ1n) is 5.30. The SMILES string of the molecule is CC(C)(C)C(C)(C)P(O)(O)(O)C(C)(C)C. The van der Waals surface area contributed by atoms with Gasteiger partial charge in [-0.15, -0.1) is 0 Å². The number of hydrogen-bond donors (Lipinski definition) is 3. The van der Waals surface area contributed by atoms with E-state index < -0.39 is 23.0 Å². The summed E-state index contributed by atoms with van der Waals surface area (Å²) >= 11 is 0. The van der Waals surface area contributed by atoms with Gasteiger partial charge in [-0.05, 0) is 0 Å². The van der Waals surface area contributed by atoms with Crippen LogP contribution in [0.5, 0.6) is 0 Å².